The minimum atomic E-state index is 0.348. The Hall–Kier alpha value is -0.500. The summed E-state index contributed by atoms with van der Waals surface area (Å²) in [6.07, 6.45) is 8.76. The number of hydrogen-bond donors (Lipinski definition) is 0. The van der Waals surface area contributed by atoms with E-state index in [4.69, 9.17) is 16.7 Å². The number of alkyl halides is 1. The van der Waals surface area contributed by atoms with E-state index in [1.807, 2.05) is 0 Å². The average molecular weight is 267 g/mol. The lowest BCUT2D eigenvalue weighted by Crippen LogP contribution is -2.32. The van der Waals surface area contributed by atoms with Crippen molar-refractivity contribution in [2.75, 3.05) is 5.88 Å². The molecular formula is C15H23ClN2. The molecule has 2 nitrogen and oxygen atoms in total. The molecule has 1 aromatic heterocycles. The van der Waals surface area contributed by atoms with Gasteiger partial charge in [0.25, 0.3) is 0 Å². The molecule has 0 aliphatic heterocycles. The summed E-state index contributed by atoms with van der Waals surface area (Å²) in [6, 6.07) is 2.63. The van der Waals surface area contributed by atoms with Gasteiger partial charge in [0.1, 0.15) is 0 Å². The topological polar surface area (TPSA) is 17.8 Å². The second-order valence-electron chi connectivity index (χ2n) is 6.63. The summed E-state index contributed by atoms with van der Waals surface area (Å²) in [4.78, 5) is 0. The molecular weight excluding hydrogens is 244 g/mol. The van der Waals surface area contributed by atoms with Gasteiger partial charge in [0, 0.05) is 18.1 Å². The van der Waals surface area contributed by atoms with E-state index in [2.05, 4.69) is 30.8 Å². The van der Waals surface area contributed by atoms with Gasteiger partial charge in [-0.3, -0.25) is 4.68 Å². The number of halogens is 1. The van der Waals surface area contributed by atoms with Crippen molar-refractivity contribution >= 4 is 11.6 Å². The molecule has 18 heavy (non-hydrogen) atoms. The first-order chi connectivity index (χ1) is 8.63. The third-order valence-electron chi connectivity index (χ3n) is 5.09. The Labute approximate surface area is 115 Å². The molecule has 3 unspecified atom stereocenters. The zero-order chi connectivity index (χ0) is 12.8. The number of aromatic nitrogens is 2. The van der Waals surface area contributed by atoms with Crippen molar-refractivity contribution < 1.29 is 0 Å². The van der Waals surface area contributed by atoms with Crippen LogP contribution in [-0.2, 0) is 6.42 Å². The van der Waals surface area contributed by atoms with Gasteiger partial charge in [0.15, 0.2) is 0 Å². The third-order valence-corrected chi connectivity index (χ3v) is 5.63. The smallest absolute Gasteiger partial charge is 0.0630 e. The fraction of sp³-hybridized carbons (Fsp3) is 0.800. The van der Waals surface area contributed by atoms with Crippen LogP contribution in [0, 0.1) is 17.3 Å². The normalized spacial score (nSPS) is 34.7. The Morgan fingerprint density at radius 3 is 2.83 bits per heavy atom. The second-order valence-corrected chi connectivity index (χ2v) is 6.90. The zero-order valence-corrected chi connectivity index (χ0v) is 12.2. The molecule has 3 atom stereocenters. The molecule has 0 N–H and O–H groups in total. The molecule has 2 bridgehead atoms. The van der Waals surface area contributed by atoms with E-state index in [1.54, 1.807) is 0 Å². The van der Waals surface area contributed by atoms with Gasteiger partial charge in [0.2, 0.25) is 0 Å². The molecule has 2 saturated carbocycles. The maximum atomic E-state index is 6.34. The molecule has 2 aliphatic rings. The molecule has 0 spiro atoms. The van der Waals surface area contributed by atoms with Crippen LogP contribution in [0.2, 0.25) is 0 Å². The monoisotopic (exact) mass is 266 g/mol. The van der Waals surface area contributed by atoms with E-state index < -0.39 is 0 Å². The van der Waals surface area contributed by atoms with Crippen molar-refractivity contribution in [3.05, 3.63) is 18.0 Å². The van der Waals surface area contributed by atoms with Gasteiger partial charge in [-0.2, -0.15) is 5.10 Å². The minimum Gasteiger partial charge on any atom is -0.270 e. The van der Waals surface area contributed by atoms with Crippen molar-refractivity contribution in [3.63, 3.8) is 0 Å². The first kappa shape index (κ1) is 12.5. The van der Waals surface area contributed by atoms with Crippen LogP contribution in [0.3, 0.4) is 0 Å². The lowest BCUT2D eigenvalue weighted by atomic mass is 9.71. The Bertz CT molecular complexity index is 426. The van der Waals surface area contributed by atoms with Gasteiger partial charge in [-0.05, 0) is 62.8 Å². The van der Waals surface area contributed by atoms with E-state index in [9.17, 15) is 0 Å². The Morgan fingerprint density at radius 1 is 1.50 bits per heavy atom. The van der Waals surface area contributed by atoms with Crippen molar-refractivity contribution in [1.82, 2.24) is 9.78 Å². The molecule has 1 aromatic rings. The van der Waals surface area contributed by atoms with Crippen LogP contribution in [0.1, 0.15) is 51.3 Å². The van der Waals surface area contributed by atoms with E-state index in [-0.39, 0.29) is 0 Å². The molecule has 3 heteroatoms. The van der Waals surface area contributed by atoms with E-state index in [0.29, 0.717) is 11.5 Å². The van der Waals surface area contributed by atoms with Crippen molar-refractivity contribution in [2.45, 2.75) is 52.0 Å². The van der Waals surface area contributed by atoms with Crippen LogP contribution in [-0.4, -0.2) is 15.7 Å². The second kappa shape index (κ2) is 4.56. The van der Waals surface area contributed by atoms with E-state index >= 15 is 0 Å². The fourth-order valence-corrected chi connectivity index (χ4v) is 4.53. The molecule has 0 saturated heterocycles. The molecule has 3 rings (SSSR count). The minimum absolute atomic E-state index is 0.348. The zero-order valence-electron chi connectivity index (χ0n) is 11.4. The quantitative estimate of drug-likeness (QED) is 0.752. The third kappa shape index (κ3) is 1.99. The first-order valence-electron chi connectivity index (χ1n) is 7.23. The summed E-state index contributed by atoms with van der Waals surface area (Å²) in [5.41, 5.74) is 1.58. The first-order valence-corrected chi connectivity index (χ1v) is 7.76. The largest absolute Gasteiger partial charge is 0.270 e. The van der Waals surface area contributed by atoms with Crippen LogP contribution in [0.4, 0.5) is 0 Å². The van der Waals surface area contributed by atoms with Gasteiger partial charge in [-0.1, -0.05) is 6.42 Å². The van der Waals surface area contributed by atoms with E-state index in [1.165, 1.54) is 31.4 Å². The average Bonchev–Trinajstić information content (AvgIpc) is 3.03. The molecule has 2 aliphatic carbocycles. The standard InChI is InChI=1S/C15H23ClN2/c1-11(2)18-6-5-14(17-18)9-15(10-16)8-12-3-4-13(15)7-12/h5-6,11-13H,3-4,7-10H2,1-2H3. The van der Waals surface area contributed by atoms with Gasteiger partial charge < -0.3 is 0 Å². The highest BCUT2D eigenvalue weighted by Gasteiger charge is 2.50. The van der Waals surface area contributed by atoms with Crippen LogP contribution >= 0.6 is 11.6 Å². The van der Waals surface area contributed by atoms with Gasteiger partial charge in [-0.15, -0.1) is 11.6 Å². The van der Waals surface area contributed by atoms with Crippen molar-refractivity contribution in [2.24, 2.45) is 17.3 Å². The van der Waals surface area contributed by atoms with Crippen molar-refractivity contribution in [1.29, 1.82) is 0 Å². The number of rotatable bonds is 4. The predicted octanol–water partition coefficient (Wildman–Crippen LogP) is 4.05. The summed E-state index contributed by atoms with van der Waals surface area (Å²) in [6.45, 7) is 4.34. The maximum Gasteiger partial charge on any atom is 0.0630 e. The van der Waals surface area contributed by atoms with Gasteiger partial charge >= 0.3 is 0 Å². The van der Waals surface area contributed by atoms with Crippen molar-refractivity contribution in [3.8, 4) is 0 Å². The highest BCUT2D eigenvalue weighted by Crippen LogP contribution is 2.57. The van der Waals surface area contributed by atoms with Crippen LogP contribution in [0.5, 0.6) is 0 Å². The summed E-state index contributed by atoms with van der Waals surface area (Å²) < 4.78 is 2.06. The molecule has 1 heterocycles. The Kier molecular flexibility index (Phi) is 3.17. The predicted molar refractivity (Wildman–Crippen MR) is 74.9 cm³/mol. The van der Waals surface area contributed by atoms with Crippen LogP contribution in [0.15, 0.2) is 12.3 Å². The number of fused-ring (bicyclic) bond motifs is 2. The van der Waals surface area contributed by atoms with Gasteiger partial charge in [-0.25, -0.2) is 0 Å². The Morgan fingerprint density at radius 2 is 2.33 bits per heavy atom. The Balaban J connectivity index is 1.77. The number of hydrogen-bond acceptors (Lipinski definition) is 1. The summed E-state index contributed by atoms with van der Waals surface area (Å²) in [7, 11) is 0. The summed E-state index contributed by atoms with van der Waals surface area (Å²) in [5, 5.41) is 4.71. The van der Waals surface area contributed by atoms with E-state index in [0.717, 1.165) is 24.1 Å². The molecule has 0 aromatic carbocycles. The highest BCUT2D eigenvalue weighted by molar-refractivity contribution is 6.18. The summed E-state index contributed by atoms with van der Waals surface area (Å²) >= 11 is 6.34. The highest BCUT2D eigenvalue weighted by atomic mass is 35.5. The lowest BCUT2D eigenvalue weighted by molar-refractivity contribution is 0.191. The summed E-state index contributed by atoms with van der Waals surface area (Å²) in [5.74, 6) is 2.60. The molecule has 100 valence electrons. The maximum absolute atomic E-state index is 6.34. The van der Waals surface area contributed by atoms with Crippen LogP contribution < -0.4 is 0 Å². The van der Waals surface area contributed by atoms with Crippen LogP contribution in [0.25, 0.3) is 0 Å². The fourth-order valence-electron chi connectivity index (χ4n) is 4.11. The lowest BCUT2D eigenvalue weighted by Gasteiger charge is -2.35. The molecule has 2 fully saturated rings. The molecule has 0 amide bonds. The SMILES string of the molecule is CC(C)n1ccc(CC2(CCl)CC3CCC2C3)n1. The molecule has 0 radical (unpaired) electrons. The number of nitrogens with zero attached hydrogens (tertiary/aromatic N) is 2. The van der Waals surface area contributed by atoms with Gasteiger partial charge in [0.05, 0.1) is 5.69 Å².